The molecule has 0 aliphatic heterocycles. The van der Waals surface area contributed by atoms with Crippen LogP contribution < -0.4 is 16.2 Å². The zero-order chi connectivity index (χ0) is 20.1. The van der Waals surface area contributed by atoms with E-state index in [1.54, 1.807) is 11.8 Å². The molecule has 0 heterocycles. The van der Waals surface area contributed by atoms with Crippen LogP contribution in [0, 0.1) is 0 Å². The van der Waals surface area contributed by atoms with Gasteiger partial charge in [0.2, 0.25) is 0 Å². The monoisotopic (exact) mass is 387 g/mol. The molecule has 0 amide bonds. The second-order valence-electron chi connectivity index (χ2n) is 7.57. The Bertz CT molecular complexity index is 740. The average molecular weight is 388 g/mol. The second-order valence-corrected chi connectivity index (χ2v) is 8.71. The Hall–Kier alpha value is -1.85. The van der Waals surface area contributed by atoms with E-state index in [-0.39, 0.29) is 6.10 Å². The predicted octanol–water partition coefficient (Wildman–Crippen LogP) is 5.28. The maximum absolute atomic E-state index is 6.28. The summed E-state index contributed by atoms with van der Waals surface area (Å²) in [6, 6.07) is 15.2. The van der Waals surface area contributed by atoms with Gasteiger partial charge in [0.15, 0.2) is 0 Å². The molecule has 0 fully saturated rings. The molecule has 0 aliphatic carbocycles. The van der Waals surface area contributed by atoms with Crippen LogP contribution in [0.25, 0.3) is 0 Å². The van der Waals surface area contributed by atoms with Crippen LogP contribution in [-0.2, 0) is 0 Å². The van der Waals surface area contributed by atoms with Crippen molar-refractivity contribution in [3.8, 4) is 5.75 Å². The van der Waals surface area contributed by atoms with E-state index in [4.69, 9.17) is 16.2 Å². The lowest BCUT2D eigenvalue weighted by Gasteiger charge is -2.39. The first-order valence-corrected chi connectivity index (χ1v) is 10.4. The van der Waals surface area contributed by atoms with Crippen LogP contribution >= 0.6 is 11.8 Å². The highest BCUT2D eigenvalue weighted by atomic mass is 32.2. The third-order valence-electron chi connectivity index (χ3n) is 4.76. The van der Waals surface area contributed by atoms with Gasteiger partial charge in [-0.2, -0.15) is 0 Å². The summed E-state index contributed by atoms with van der Waals surface area (Å²) < 4.78 is 6.28. The number of rotatable bonds is 8. The van der Waals surface area contributed by atoms with E-state index >= 15 is 0 Å². The van der Waals surface area contributed by atoms with Gasteiger partial charge < -0.3 is 16.2 Å². The second kappa shape index (κ2) is 9.38. The van der Waals surface area contributed by atoms with Crippen LogP contribution in [0.3, 0.4) is 0 Å². The smallest absolute Gasteiger partial charge is 0.120 e. The first-order valence-electron chi connectivity index (χ1n) is 9.56. The molecule has 5 heteroatoms. The van der Waals surface area contributed by atoms with Crippen LogP contribution in [0.1, 0.15) is 41.5 Å². The highest BCUT2D eigenvalue weighted by Gasteiger charge is 2.26. The maximum Gasteiger partial charge on any atom is 0.120 e. The van der Waals surface area contributed by atoms with Crippen LogP contribution in [0.5, 0.6) is 5.75 Å². The highest BCUT2D eigenvalue weighted by Crippen LogP contribution is 2.33. The van der Waals surface area contributed by atoms with Crippen molar-refractivity contribution >= 4 is 23.1 Å². The van der Waals surface area contributed by atoms with Gasteiger partial charge in [-0.1, -0.05) is 17.8 Å². The number of nitrogens with two attached hydrogens (primary N) is 2. The lowest BCUT2D eigenvalue weighted by Crippen LogP contribution is -2.49. The van der Waals surface area contributed by atoms with E-state index in [0.29, 0.717) is 29.5 Å². The number of nitrogens with zero attached hydrogens (tertiary/aromatic N) is 1. The Kier molecular flexibility index (Phi) is 7.45. The van der Waals surface area contributed by atoms with E-state index in [1.165, 1.54) is 0 Å². The minimum absolute atomic E-state index is 0.0854. The quantitative estimate of drug-likeness (QED) is 0.604. The lowest BCUT2D eigenvalue weighted by molar-refractivity contribution is 0.0437. The van der Waals surface area contributed by atoms with Gasteiger partial charge in [-0.25, -0.2) is 0 Å². The summed E-state index contributed by atoms with van der Waals surface area (Å²) in [5, 5.41) is 0. The first-order chi connectivity index (χ1) is 12.7. The molecule has 0 aliphatic rings. The van der Waals surface area contributed by atoms with Crippen LogP contribution in [-0.4, -0.2) is 29.1 Å². The topological polar surface area (TPSA) is 64.5 Å². The number of hydrogen-bond acceptors (Lipinski definition) is 5. The normalized spacial score (nSPS) is 14.0. The number of benzene rings is 2. The Morgan fingerprint density at radius 3 is 2.04 bits per heavy atom. The Labute approximate surface area is 168 Å². The van der Waals surface area contributed by atoms with Crippen molar-refractivity contribution in [1.82, 2.24) is 4.90 Å². The molecule has 2 aromatic carbocycles. The molecule has 0 radical (unpaired) electrons. The van der Waals surface area contributed by atoms with E-state index in [0.717, 1.165) is 15.5 Å². The Morgan fingerprint density at radius 1 is 0.815 bits per heavy atom. The molecule has 2 atom stereocenters. The molecule has 0 aromatic heterocycles. The van der Waals surface area contributed by atoms with Crippen molar-refractivity contribution in [1.29, 1.82) is 0 Å². The summed E-state index contributed by atoms with van der Waals surface area (Å²) in [7, 11) is 0. The summed E-state index contributed by atoms with van der Waals surface area (Å²) in [6.07, 6.45) is 0.0854. The van der Waals surface area contributed by atoms with Crippen LogP contribution in [0.2, 0.25) is 0 Å². The maximum atomic E-state index is 6.28. The summed E-state index contributed by atoms with van der Waals surface area (Å²) in [4.78, 5) is 4.66. The molecule has 0 bridgehead atoms. The molecule has 4 N–H and O–H groups in total. The van der Waals surface area contributed by atoms with Gasteiger partial charge >= 0.3 is 0 Å². The fraction of sp³-hybridized carbons (Fsp3) is 0.455. The third-order valence-corrected chi connectivity index (χ3v) is 5.74. The molecule has 0 spiro atoms. The molecule has 0 saturated heterocycles. The van der Waals surface area contributed by atoms with E-state index in [1.807, 2.05) is 30.3 Å². The molecular weight excluding hydrogens is 354 g/mol. The number of nitrogen functional groups attached to an aromatic ring is 2. The highest BCUT2D eigenvalue weighted by molar-refractivity contribution is 7.99. The van der Waals surface area contributed by atoms with E-state index in [2.05, 4.69) is 58.6 Å². The van der Waals surface area contributed by atoms with Gasteiger partial charge in [0, 0.05) is 27.9 Å². The molecule has 27 heavy (non-hydrogen) atoms. The average Bonchev–Trinajstić information content (AvgIpc) is 2.58. The minimum atomic E-state index is 0.0854. The number of anilines is 2. The number of hydrogen-bond donors (Lipinski definition) is 2. The standard InChI is InChI=1S/C22H33N3OS/c1-14(2)25(15(3)4)16(5)17(6)26-18-8-7-9-19(12-18)27-20-10-11-21(23)22(24)13-20/h7-17H,23-24H2,1-6H3. The molecular formula is C22H33N3OS. The van der Waals surface area contributed by atoms with Crippen molar-refractivity contribution in [3.05, 3.63) is 42.5 Å². The summed E-state index contributed by atoms with van der Waals surface area (Å²) in [6.45, 7) is 13.3. The van der Waals surface area contributed by atoms with Crippen LogP contribution in [0.15, 0.2) is 52.3 Å². The first kappa shape index (κ1) is 21.5. The van der Waals surface area contributed by atoms with Gasteiger partial charge in [-0.05, 0) is 77.9 Å². The summed E-state index contributed by atoms with van der Waals surface area (Å²) >= 11 is 1.65. The van der Waals surface area contributed by atoms with Crippen molar-refractivity contribution in [2.75, 3.05) is 11.5 Å². The van der Waals surface area contributed by atoms with Crippen LogP contribution in [0.4, 0.5) is 11.4 Å². The lowest BCUT2D eigenvalue weighted by atomic mass is 10.1. The van der Waals surface area contributed by atoms with E-state index in [9.17, 15) is 0 Å². The van der Waals surface area contributed by atoms with Gasteiger partial charge in [-0.15, -0.1) is 0 Å². The van der Waals surface area contributed by atoms with Crippen molar-refractivity contribution in [3.63, 3.8) is 0 Å². The Balaban J connectivity index is 2.09. The van der Waals surface area contributed by atoms with Crippen molar-refractivity contribution < 1.29 is 4.74 Å². The molecule has 0 saturated carbocycles. The summed E-state index contributed by atoms with van der Waals surface area (Å²) in [5.74, 6) is 0.884. The number of ether oxygens (including phenoxy) is 1. The molecule has 2 aromatic rings. The zero-order valence-corrected chi connectivity index (χ0v) is 18.1. The van der Waals surface area contributed by atoms with Gasteiger partial charge in [0.1, 0.15) is 11.9 Å². The van der Waals surface area contributed by atoms with Crippen molar-refractivity contribution in [2.24, 2.45) is 0 Å². The van der Waals surface area contributed by atoms with Gasteiger partial charge in [0.05, 0.1) is 11.4 Å². The van der Waals surface area contributed by atoms with Gasteiger partial charge in [-0.3, -0.25) is 4.90 Å². The molecule has 148 valence electrons. The largest absolute Gasteiger partial charge is 0.489 e. The summed E-state index contributed by atoms with van der Waals surface area (Å²) in [5.41, 5.74) is 12.9. The fourth-order valence-corrected chi connectivity index (χ4v) is 4.37. The SMILES string of the molecule is CC(Oc1cccc(Sc2ccc(N)c(N)c2)c1)C(C)N(C(C)C)C(C)C. The van der Waals surface area contributed by atoms with Crippen molar-refractivity contribution in [2.45, 2.75) is 75.6 Å². The zero-order valence-electron chi connectivity index (χ0n) is 17.3. The molecule has 2 unspecified atom stereocenters. The van der Waals surface area contributed by atoms with Gasteiger partial charge in [0.25, 0.3) is 0 Å². The minimum Gasteiger partial charge on any atom is -0.489 e. The fourth-order valence-electron chi connectivity index (χ4n) is 3.46. The molecule has 2 rings (SSSR count). The predicted molar refractivity (Wildman–Crippen MR) is 117 cm³/mol. The Morgan fingerprint density at radius 2 is 1.44 bits per heavy atom. The third kappa shape index (κ3) is 5.81. The van der Waals surface area contributed by atoms with E-state index < -0.39 is 0 Å². The molecule has 4 nitrogen and oxygen atoms in total.